The minimum absolute atomic E-state index is 0. The van der Waals surface area contributed by atoms with Gasteiger partial charge in [-0.15, -0.1) is 12.4 Å². The minimum atomic E-state index is 0. The second-order valence-corrected chi connectivity index (χ2v) is 4.86. The highest BCUT2D eigenvalue weighted by Crippen LogP contribution is 2.19. The van der Waals surface area contributed by atoms with Gasteiger partial charge in [-0.25, -0.2) is 0 Å². The molecule has 1 aromatic rings. The lowest BCUT2D eigenvalue weighted by molar-refractivity contribution is 0.188. The number of nitrogens with one attached hydrogen (secondary N) is 1. The van der Waals surface area contributed by atoms with Crippen molar-refractivity contribution < 1.29 is 0 Å². The summed E-state index contributed by atoms with van der Waals surface area (Å²) in [6, 6.07) is 8.76. The van der Waals surface area contributed by atoms with Gasteiger partial charge < -0.3 is 5.32 Å². The molecule has 1 atom stereocenters. The van der Waals surface area contributed by atoms with Crippen LogP contribution in [0.2, 0.25) is 5.02 Å². The Hall–Kier alpha value is -0.280. The van der Waals surface area contributed by atoms with Gasteiger partial charge in [0.1, 0.15) is 0 Å². The van der Waals surface area contributed by atoms with Gasteiger partial charge in [0.2, 0.25) is 0 Å². The van der Waals surface area contributed by atoms with Crippen LogP contribution in [0.25, 0.3) is 0 Å². The van der Waals surface area contributed by atoms with Gasteiger partial charge in [0.15, 0.2) is 0 Å². The summed E-state index contributed by atoms with van der Waals surface area (Å²) in [7, 11) is 2.05. The molecule has 0 spiro atoms. The molecule has 0 amide bonds. The van der Waals surface area contributed by atoms with Crippen molar-refractivity contribution in [1.82, 2.24) is 10.2 Å². The maximum Gasteiger partial charge on any atom is 0.0451 e. The van der Waals surface area contributed by atoms with Crippen LogP contribution in [0.4, 0.5) is 0 Å². The summed E-state index contributed by atoms with van der Waals surface area (Å²) in [5, 5.41) is 4.24. The van der Waals surface area contributed by atoms with Gasteiger partial charge in [0.25, 0.3) is 0 Å². The first kappa shape index (κ1) is 14.8. The fraction of sp³-hybridized carbons (Fsp3) is 0.538. The normalized spacial score (nSPS) is 20.9. The fourth-order valence-electron chi connectivity index (χ4n) is 2.30. The fourth-order valence-corrected chi connectivity index (χ4v) is 2.50. The minimum Gasteiger partial charge on any atom is -0.316 e. The van der Waals surface area contributed by atoms with E-state index in [9.17, 15) is 0 Å². The van der Waals surface area contributed by atoms with Crippen LogP contribution in [0, 0.1) is 0 Å². The van der Waals surface area contributed by atoms with Crippen LogP contribution >= 0.6 is 24.0 Å². The van der Waals surface area contributed by atoms with Gasteiger partial charge in [-0.3, -0.25) is 4.90 Å². The second kappa shape index (κ2) is 7.22. The van der Waals surface area contributed by atoms with Crippen molar-refractivity contribution in [3.8, 4) is 0 Å². The molecular formula is C13H20Cl2N2. The van der Waals surface area contributed by atoms with Crippen LogP contribution in [0.1, 0.15) is 18.4 Å². The third-order valence-electron chi connectivity index (χ3n) is 3.27. The van der Waals surface area contributed by atoms with Crippen molar-refractivity contribution in [1.29, 1.82) is 0 Å². The largest absolute Gasteiger partial charge is 0.316 e. The van der Waals surface area contributed by atoms with E-state index in [2.05, 4.69) is 22.3 Å². The number of rotatable bonds is 3. The van der Waals surface area contributed by atoms with Gasteiger partial charge in [0.05, 0.1) is 0 Å². The molecule has 1 heterocycles. The Bertz CT molecular complexity index is 344. The van der Waals surface area contributed by atoms with E-state index >= 15 is 0 Å². The number of halogens is 2. The second-order valence-electron chi connectivity index (χ2n) is 4.45. The van der Waals surface area contributed by atoms with Crippen LogP contribution in [0.3, 0.4) is 0 Å². The SMILES string of the molecule is CNC1CCCN(Cc2ccccc2Cl)C1.Cl. The molecule has 1 N–H and O–H groups in total. The smallest absolute Gasteiger partial charge is 0.0451 e. The summed E-state index contributed by atoms with van der Waals surface area (Å²) in [4.78, 5) is 2.48. The van der Waals surface area contributed by atoms with Crippen molar-refractivity contribution in [2.45, 2.75) is 25.4 Å². The van der Waals surface area contributed by atoms with Crippen molar-refractivity contribution in [3.63, 3.8) is 0 Å². The molecule has 0 bridgehead atoms. The van der Waals surface area contributed by atoms with Crippen molar-refractivity contribution in [2.24, 2.45) is 0 Å². The number of benzene rings is 1. The first-order chi connectivity index (χ1) is 7.79. The number of nitrogens with zero attached hydrogens (tertiary/aromatic N) is 1. The molecule has 0 radical (unpaired) electrons. The van der Waals surface area contributed by atoms with Gasteiger partial charge >= 0.3 is 0 Å². The van der Waals surface area contributed by atoms with E-state index in [0.717, 1.165) is 18.1 Å². The maximum absolute atomic E-state index is 6.17. The predicted octanol–water partition coefficient (Wildman–Crippen LogP) is 2.95. The summed E-state index contributed by atoms with van der Waals surface area (Å²) < 4.78 is 0. The van der Waals surface area contributed by atoms with E-state index in [1.54, 1.807) is 0 Å². The molecular weight excluding hydrogens is 255 g/mol. The molecule has 96 valence electrons. The Balaban J connectivity index is 0.00000144. The van der Waals surface area contributed by atoms with Crippen LogP contribution < -0.4 is 5.32 Å². The zero-order chi connectivity index (χ0) is 11.4. The molecule has 1 aromatic carbocycles. The number of likely N-dealkylation sites (tertiary alicyclic amines) is 1. The number of hydrogen-bond acceptors (Lipinski definition) is 2. The highest BCUT2D eigenvalue weighted by Gasteiger charge is 2.18. The monoisotopic (exact) mass is 274 g/mol. The molecule has 0 aliphatic carbocycles. The summed E-state index contributed by atoms with van der Waals surface area (Å²) in [5.41, 5.74) is 1.24. The van der Waals surface area contributed by atoms with E-state index in [1.807, 2.05) is 19.2 Å². The molecule has 1 saturated heterocycles. The van der Waals surface area contributed by atoms with Crippen LogP contribution in [-0.4, -0.2) is 31.1 Å². The zero-order valence-electron chi connectivity index (χ0n) is 10.2. The first-order valence-corrected chi connectivity index (χ1v) is 6.30. The molecule has 1 aliphatic rings. The number of hydrogen-bond donors (Lipinski definition) is 1. The molecule has 1 fully saturated rings. The van der Waals surface area contributed by atoms with Crippen molar-refractivity contribution in [2.75, 3.05) is 20.1 Å². The van der Waals surface area contributed by atoms with Crippen LogP contribution in [-0.2, 0) is 6.54 Å². The Morgan fingerprint density at radius 3 is 2.88 bits per heavy atom. The summed E-state index contributed by atoms with van der Waals surface area (Å²) >= 11 is 6.17. The van der Waals surface area contributed by atoms with Gasteiger partial charge in [-0.05, 0) is 38.1 Å². The molecule has 1 unspecified atom stereocenters. The maximum atomic E-state index is 6.17. The van der Waals surface area contributed by atoms with Gasteiger partial charge in [-0.2, -0.15) is 0 Å². The van der Waals surface area contributed by atoms with E-state index < -0.39 is 0 Å². The Morgan fingerprint density at radius 2 is 2.18 bits per heavy atom. The van der Waals surface area contributed by atoms with E-state index in [-0.39, 0.29) is 12.4 Å². The van der Waals surface area contributed by atoms with E-state index in [4.69, 9.17) is 11.6 Å². The molecule has 2 rings (SSSR count). The molecule has 4 heteroatoms. The van der Waals surface area contributed by atoms with Crippen LogP contribution in [0.5, 0.6) is 0 Å². The first-order valence-electron chi connectivity index (χ1n) is 5.92. The third kappa shape index (κ3) is 4.14. The molecule has 1 aliphatic heterocycles. The summed E-state index contributed by atoms with van der Waals surface area (Å²) in [5.74, 6) is 0. The van der Waals surface area contributed by atoms with Crippen molar-refractivity contribution in [3.05, 3.63) is 34.9 Å². The van der Waals surface area contributed by atoms with Gasteiger partial charge in [0, 0.05) is 24.2 Å². The highest BCUT2D eigenvalue weighted by atomic mass is 35.5. The quantitative estimate of drug-likeness (QED) is 0.912. The average Bonchev–Trinajstić information content (AvgIpc) is 2.32. The van der Waals surface area contributed by atoms with E-state index in [0.29, 0.717) is 6.04 Å². The Labute approximate surface area is 115 Å². The Morgan fingerprint density at radius 1 is 1.41 bits per heavy atom. The highest BCUT2D eigenvalue weighted by molar-refractivity contribution is 6.31. The molecule has 17 heavy (non-hydrogen) atoms. The lowest BCUT2D eigenvalue weighted by Crippen LogP contribution is -2.43. The van der Waals surface area contributed by atoms with Gasteiger partial charge in [-0.1, -0.05) is 29.8 Å². The summed E-state index contributed by atoms with van der Waals surface area (Å²) in [6.07, 6.45) is 2.56. The predicted molar refractivity (Wildman–Crippen MR) is 76.1 cm³/mol. The van der Waals surface area contributed by atoms with Crippen molar-refractivity contribution >= 4 is 24.0 Å². The number of likely N-dealkylation sites (N-methyl/N-ethyl adjacent to an activating group) is 1. The molecule has 0 aromatic heterocycles. The lowest BCUT2D eigenvalue weighted by Gasteiger charge is -2.32. The molecule has 2 nitrogen and oxygen atoms in total. The van der Waals surface area contributed by atoms with E-state index in [1.165, 1.54) is 24.9 Å². The molecule has 0 saturated carbocycles. The zero-order valence-corrected chi connectivity index (χ0v) is 11.7. The lowest BCUT2D eigenvalue weighted by atomic mass is 10.1. The van der Waals surface area contributed by atoms with Crippen LogP contribution in [0.15, 0.2) is 24.3 Å². The standard InChI is InChI=1S/C13H19ClN2.ClH/c1-15-12-6-4-8-16(10-12)9-11-5-2-3-7-13(11)14;/h2-3,5,7,12,15H,4,6,8-10H2,1H3;1H. The Kier molecular flexibility index (Phi) is 6.28. The topological polar surface area (TPSA) is 15.3 Å². The summed E-state index contributed by atoms with van der Waals surface area (Å²) in [6.45, 7) is 3.28. The average molecular weight is 275 g/mol. The third-order valence-corrected chi connectivity index (χ3v) is 3.63. The number of piperidine rings is 1.